The molecule has 0 saturated carbocycles. The van der Waals surface area contributed by atoms with Crippen molar-refractivity contribution in [3.05, 3.63) is 114 Å². The lowest BCUT2D eigenvalue weighted by Gasteiger charge is -2.06. The van der Waals surface area contributed by atoms with E-state index in [1.54, 1.807) is 12.3 Å². The van der Waals surface area contributed by atoms with Gasteiger partial charge in [0.05, 0.1) is 24.9 Å². The van der Waals surface area contributed by atoms with E-state index >= 15 is 0 Å². The smallest absolute Gasteiger partial charge is 0.272 e. The van der Waals surface area contributed by atoms with Crippen molar-refractivity contribution in [2.24, 2.45) is 0 Å². The third-order valence-electron chi connectivity index (χ3n) is 5.27. The zero-order valence-corrected chi connectivity index (χ0v) is 16.9. The van der Waals surface area contributed by atoms with Crippen LogP contribution in [0.2, 0.25) is 0 Å². The number of hydrogen-bond acceptors (Lipinski definition) is 3. The van der Waals surface area contributed by atoms with Crippen LogP contribution in [0.3, 0.4) is 0 Å². The molecule has 0 aliphatic carbocycles. The number of nitrogens with one attached hydrogen (secondary N) is 1. The Labute approximate surface area is 179 Å². The number of nitrogens with zero attached hydrogens (tertiary/aromatic N) is 2. The quantitative estimate of drug-likeness (QED) is 0.417. The van der Waals surface area contributed by atoms with Gasteiger partial charge in [-0.3, -0.25) is 9.48 Å². The van der Waals surface area contributed by atoms with Crippen LogP contribution in [0.15, 0.2) is 102 Å². The second-order valence-corrected chi connectivity index (χ2v) is 7.35. The van der Waals surface area contributed by atoms with E-state index in [1.165, 1.54) is 11.1 Å². The van der Waals surface area contributed by atoms with E-state index in [-0.39, 0.29) is 5.91 Å². The predicted octanol–water partition coefficient (Wildman–Crippen LogP) is 5.27. The molecule has 3 aromatic carbocycles. The molecule has 0 radical (unpaired) electrons. The molecule has 1 amide bonds. The fourth-order valence-corrected chi connectivity index (χ4v) is 3.69. The summed E-state index contributed by atoms with van der Waals surface area (Å²) in [5.74, 6) is 0.487. The van der Waals surface area contributed by atoms with Crippen LogP contribution in [-0.2, 0) is 13.1 Å². The first-order valence-electron chi connectivity index (χ1n) is 10.2. The van der Waals surface area contributed by atoms with E-state index in [4.69, 9.17) is 4.42 Å². The second kappa shape index (κ2) is 8.32. The Morgan fingerprint density at radius 3 is 2.35 bits per heavy atom. The predicted molar refractivity (Wildman–Crippen MR) is 121 cm³/mol. The molecule has 31 heavy (non-hydrogen) atoms. The Kier molecular flexibility index (Phi) is 5.07. The van der Waals surface area contributed by atoms with Crippen molar-refractivity contribution in [3.63, 3.8) is 0 Å². The first-order chi connectivity index (χ1) is 15.3. The van der Waals surface area contributed by atoms with Crippen molar-refractivity contribution in [2.45, 2.75) is 13.1 Å². The molecule has 0 aliphatic heterocycles. The molecular formula is C26H21N3O2. The first-order valence-corrected chi connectivity index (χ1v) is 10.2. The number of amides is 1. The third kappa shape index (κ3) is 3.98. The lowest BCUT2D eigenvalue weighted by Crippen LogP contribution is -2.23. The standard InChI is InChI=1S/C26H21N3O2/c30-26(27-17-22-9-6-16-31-22)25-23-10-4-5-11-24(23)29(28-25)18-19-12-14-21(15-13-19)20-7-2-1-3-8-20/h1-16H,17-18H2,(H,27,30). The van der Waals surface area contributed by atoms with Gasteiger partial charge in [0.25, 0.3) is 5.91 Å². The van der Waals surface area contributed by atoms with Crippen molar-refractivity contribution in [3.8, 4) is 11.1 Å². The van der Waals surface area contributed by atoms with Gasteiger partial charge in [-0.25, -0.2) is 0 Å². The minimum atomic E-state index is -0.217. The largest absolute Gasteiger partial charge is 0.467 e. The lowest BCUT2D eigenvalue weighted by molar-refractivity contribution is 0.0944. The average Bonchev–Trinajstić information content (AvgIpc) is 3.47. The number of carbonyl (C=O) groups excluding carboxylic acids is 1. The Morgan fingerprint density at radius 1 is 0.839 bits per heavy atom. The molecular weight excluding hydrogens is 386 g/mol. The Hall–Kier alpha value is -4.12. The normalized spacial score (nSPS) is 11.0. The van der Waals surface area contributed by atoms with E-state index in [1.807, 2.05) is 53.2 Å². The summed E-state index contributed by atoms with van der Waals surface area (Å²) in [6, 6.07) is 30.2. The van der Waals surface area contributed by atoms with Gasteiger partial charge in [0, 0.05) is 5.39 Å². The Morgan fingerprint density at radius 2 is 1.58 bits per heavy atom. The molecule has 5 heteroatoms. The van der Waals surface area contributed by atoms with Crippen LogP contribution >= 0.6 is 0 Å². The first kappa shape index (κ1) is 18.9. The number of fused-ring (bicyclic) bond motifs is 1. The van der Waals surface area contributed by atoms with Gasteiger partial charge in [-0.15, -0.1) is 0 Å². The maximum atomic E-state index is 12.8. The highest BCUT2D eigenvalue weighted by Gasteiger charge is 2.17. The van der Waals surface area contributed by atoms with Gasteiger partial charge in [0.2, 0.25) is 0 Å². The van der Waals surface area contributed by atoms with Crippen LogP contribution in [-0.4, -0.2) is 15.7 Å². The number of benzene rings is 3. The summed E-state index contributed by atoms with van der Waals surface area (Å²) in [4.78, 5) is 12.8. The second-order valence-electron chi connectivity index (χ2n) is 7.35. The van der Waals surface area contributed by atoms with Gasteiger partial charge in [-0.1, -0.05) is 72.8 Å². The van der Waals surface area contributed by atoms with E-state index in [2.05, 4.69) is 46.8 Å². The van der Waals surface area contributed by atoms with Crippen molar-refractivity contribution < 1.29 is 9.21 Å². The molecule has 5 nitrogen and oxygen atoms in total. The zero-order valence-electron chi connectivity index (χ0n) is 16.9. The molecule has 0 saturated heterocycles. The Balaban J connectivity index is 1.39. The average molecular weight is 407 g/mol. The maximum absolute atomic E-state index is 12.8. The highest BCUT2D eigenvalue weighted by molar-refractivity contribution is 6.04. The third-order valence-corrected chi connectivity index (χ3v) is 5.27. The molecule has 2 heterocycles. The van der Waals surface area contributed by atoms with E-state index in [9.17, 15) is 4.79 Å². The van der Waals surface area contributed by atoms with Gasteiger partial charge in [-0.2, -0.15) is 5.10 Å². The van der Waals surface area contributed by atoms with Gasteiger partial charge in [0.15, 0.2) is 5.69 Å². The molecule has 0 fully saturated rings. The molecule has 0 aliphatic rings. The minimum Gasteiger partial charge on any atom is -0.467 e. The number of furan rings is 1. The minimum absolute atomic E-state index is 0.217. The van der Waals surface area contributed by atoms with E-state index in [0.29, 0.717) is 24.5 Å². The van der Waals surface area contributed by atoms with Crippen LogP contribution in [0.5, 0.6) is 0 Å². The summed E-state index contributed by atoms with van der Waals surface area (Å²) in [5.41, 5.74) is 4.83. The molecule has 0 atom stereocenters. The van der Waals surface area contributed by atoms with Crippen LogP contribution in [0.4, 0.5) is 0 Å². The lowest BCUT2D eigenvalue weighted by atomic mass is 10.0. The topological polar surface area (TPSA) is 60.1 Å². The molecule has 0 bridgehead atoms. The van der Waals surface area contributed by atoms with Crippen molar-refractivity contribution in [2.75, 3.05) is 0 Å². The van der Waals surface area contributed by atoms with E-state index in [0.717, 1.165) is 16.5 Å². The highest BCUT2D eigenvalue weighted by Crippen LogP contribution is 2.22. The Bertz CT molecular complexity index is 1300. The van der Waals surface area contributed by atoms with Crippen LogP contribution in [0.25, 0.3) is 22.0 Å². The SMILES string of the molecule is O=C(NCc1ccco1)c1nn(Cc2ccc(-c3ccccc3)cc2)c2ccccc12. The number of rotatable bonds is 6. The molecule has 0 spiro atoms. The summed E-state index contributed by atoms with van der Waals surface area (Å²) in [5, 5.41) is 8.36. The van der Waals surface area contributed by atoms with Gasteiger partial charge in [-0.05, 0) is 34.9 Å². The highest BCUT2D eigenvalue weighted by atomic mass is 16.3. The molecule has 2 aromatic heterocycles. The summed E-state index contributed by atoms with van der Waals surface area (Å²) >= 11 is 0. The van der Waals surface area contributed by atoms with Crippen LogP contribution in [0, 0.1) is 0 Å². The van der Waals surface area contributed by atoms with Gasteiger partial charge >= 0.3 is 0 Å². The van der Waals surface area contributed by atoms with Gasteiger partial charge in [0.1, 0.15) is 5.76 Å². The summed E-state index contributed by atoms with van der Waals surface area (Å²) in [6.45, 7) is 0.912. The van der Waals surface area contributed by atoms with Crippen molar-refractivity contribution in [1.82, 2.24) is 15.1 Å². The molecule has 5 rings (SSSR count). The summed E-state index contributed by atoms with van der Waals surface area (Å²) < 4.78 is 7.18. The number of carbonyl (C=O) groups is 1. The van der Waals surface area contributed by atoms with Crippen molar-refractivity contribution in [1.29, 1.82) is 0 Å². The summed E-state index contributed by atoms with van der Waals surface area (Å²) in [6.07, 6.45) is 1.59. The fourth-order valence-electron chi connectivity index (χ4n) is 3.69. The van der Waals surface area contributed by atoms with Gasteiger partial charge < -0.3 is 9.73 Å². The molecule has 0 unspecified atom stereocenters. The van der Waals surface area contributed by atoms with Crippen LogP contribution in [0.1, 0.15) is 21.8 Å². The monoisotopic (exact) mass is 407 g/mol. The van der Waals surface area contributed by atoms with Crippen LogP contribution < -0.4 is 5.32 Å². The fraction of sp³-hybridized carbons (Fsp3) is 0.0769. The summed E-state index contributed by atoms with van der Waals surface area (Å²) in [7, 11) is 0. The maximum Gasteiger partial charge on any atom is 0.272 e. The van der Waals surface area contributed by atoms with E-state index < -0.39 is 0 Å². The number of para-hydroxylation sites is 1. The molecule has 1 N–H and O–H groups in total. The number of aromatic nitrogens is 2. The zero-order chi connectivity index (χ0) is 21.0. The number of hydrogen-bond donors (Lipinski definition) is 1. The van der Waals surface area contributed by atoms with Crippen molar-refractivity contribution >= 4 is 16.8 Å². The molecule has 152 valence electrons. The molecule has 5 aromatic rings.